The maximum atomic E-state index is 11.3. The SMILES string of the molecule is NS(=O)(=O)c1cccnc1-c1cccs1. The highest BCUT2D eigenvalue weighted by atomic mass is 32.2. The monoisotopic (exact) mass is 240 g/mol. The molecule has 0 radical (unpaired) electrons. The number of nitrogens with two attached hydrogens (primary N) is 1. The molecule has 2 rings (SSSR count). The van der Waals surface area contributed by atoms with E-state index < -0.39 is 10.0 Å². The zero-order chi connectivity index (χ0) is 10.9. The van der Waals surface area contributed by atoms with Gasteiger partial charge in [0.15, 0.2) is 0 Å². The molecule has 2 aromatic heterocycles. The zero-order valence-electron chi connectivity index (χ0n) is 7.62. The number of aromatic nitrogens is 1. The Bertz CT molecular complexity index is 562. The first-order valence-electron chi connectivity index (χ1n) is 4.11. The summed E-state index contributed by atoms with van der Waals surface area (Å²) in [5, 5.41) is 6.96. The molecular formula is C9H8N2O2S2. The van der Waals surface area contributed by atoms with Crippen molar-refractivity contribution in [3.63, 3.8) is 0 Å². The van der Waals surface area contributed by atoms with Crippen LogP contribution in [0.2, 0.25) is 0 Å². The van der Waals surface area contributed by atoms with E-state index >= 15 is 0 Å². The summed E-state index contributed by atoms with van der Waals surface area (Å²) in [6.45, 7) is 0. The molecule has 78 valence electrons. The number of nitrogens with zero attached hydrogens (tertiary/aromatic N) is 1. The Morgan fingerprint density at radius 1 is 1.27 bits per heavy atom. The van der Waals surface area contributed by atoms with Crippen molar-refractivity contribution in [1.29, 1.82) is 0 Å². The van der Waals surface area contributed by atoms with Crippen LogP contribution in [0.1, 0.15) is 0 Å². The summed E-state index contributed by atoms with van der Waals surface area (Å²) in [7, 11) is -3.72. The standard InChI is InChI=1S/C9H8N2O2S2/c10-15(12,13)8-4-1-5-11-9(8)7-3-2-6-14-7/h1-6H,(H2,10,12,13). The van der Waals surface area contributed by atoms with Crippen molar-refractivity contribution in [3.05, 3.63) is 35.8 Å². The van der Waals surface area contributed by atoms with Crippen LogP contribution in [0, 0.1) is 0 Å². The maximum absolute atomic E-state index is 11.3. The minimum atomic E-state index is -3.72. The van der Waals surface area contributed by atoms with Crippen molar-refractivity contribution in [2.24, 2.45) is 5.14 Å². The normalized spacial score (nSPS) is 11.5. The lowest BCUT2D eigenvalue weighted by Gasteiger charge is -2.03. The van der Waals surface area contributed by atoms with E-state index in [0.29, 0.717) is 5.69 Å². The average Bonchev–Trinajstić information content (AvgIpc) is 2.69. The van der Waals surface area contributed by atoms with Gasteiger partial charge in [-0.25, -0.2) is 13.6 Å². The second-order valence-corrected chi connectivity index (χ2v) is 5.35. The third-order valence-corrected chi connectivity index (χ3v) is 3.65. The lowest BCUT2D eigenvalue weighted by atomic mass is 10.3. The van der Waals surface area contributed by atoms with Crippen LogP contribution in [-0.4, -0.2) is 13.4 Å². The van der Waals surface area contributed by atoms with Crippen LogP contribution in [0.5, 0.6) is 0 Å². The molecule has 0 bridgehead atoms. The predicted octanol–water partition coefficient (Wildman–Crippen LogP) is 1.46. The molecule has 0 fully saturated rings. The van der Waals surface area contributed by atoms with Gasteiger partial charge in [0.05, 0.1) is 4.88 Å². The van der Waals surface area contributed by atoms with Gasteiger partial charge < -0.3 is 0 Å². The fraction of sp³-hybridized carbons (Fsp3) is 0. The molecule has 2 N–H and O–H groups in total. The van der Waals surface area contributed by atoms with Gasteiger partial charge in [0.2, 0.25) is 10.0 Å². The highest BCUT2D eigenvalue weighted by Gasteiger charge is 2.16. The highest BCUT2D eigenvalue weighted by Crippen LogP contribution is 2.27. The molecule has 0 unspecified atom stereocenters. The molecule has 2 aromatic rings. The van der Waals surface area contributed by atoms with Crippen LogP contribution in [0.25, 0.3) is 10.6 Å². The average molecular weight is 240 g/mol. The van der Waals surface area contributed by atoms with E-state index in [4.69, 9.17) is 5.14 Å². The van der Waals surface area contributed by atoms with E-state index in [9.17, 15) is 8.42 Å². The smallest absolute Gasteiger partial charge is 0.240 e. The zero-order valence-corrected chi connectivity index (χ0v) is 9.25. The quantitative estimate of drug-likeness (QED) is 0.863. The van der Waals surface area contributed by atoms with Crippen molar-refractivity contribution in [1.82, 2.24) is 4.98 Å². The first kappa shape index (κ1) is 10.3. The Morgan fingerprint density at radius 2 is 2.07 bits per heavy atom. The second kappa shape index (κ2) is 3.73. The summed E-state index contributed by atoms with van der Waals surface area (Å²) in [5.41, 5.74) is 0.412. The van der Waals surface area contributed by atoms with Gasteiger partial charge in [0, 0.05) is 6.20 Å². The van der Waals surface area contributed by atoms with Crippen LogP contribution >= 0.6 is 11.3 Å². The minimum Gasteiger partial charge on any atom is -0.254 e. The van der Waals surface area contributed by atoms with Crippen molar-refractivity contribution in [2.45, 2.75) is 4.90 Å². The largest absolute Gasteiger partial charge is 0.254 e. The third kappa shape index (κ3) is 2.06. The van der Waals surface area contributed by atoms with E-state index in [0.717, 1.165) is 4.88 Å². The van der Waals surface area contributed by atoms with Gasteiger partial charge in [-0.2, -0.15) is 0 Å². The van der Waals surface area contributed by atoms with Crippen LogP contribution in [-0.2, 0) is 10.0 Å². The van der Waals surface area contributed by atoms with E-state index in [1.807, 2.05) is 17.5 Å². The molecule has 0 saturated heterocycles. The van der Waals surface area contributed by atoms with Crippen LogP contribution in [0.4, 0.5) is 0 Å². The van der Waals surface area contributed by atoms with Crippen LogP contribution in [0.15, 0.2) is 40.7 Å². The van der Waals surface area contributed by atoms with Gasteiger partial charge >= 0.3 is 0 Å². The minimum absolute atomic E-state index is 0.0625. The van der Waals surface area contributed by atoms with Crippen molar-refractivity contribution in [2.75, 3.05) is 0 Å². The van der Waals surface area contributed by atoms with E-state index in [1.165, 1.54) is 17.4 Å². The Morgan fingerprint density at radius 3 is 2.67 bits per heavy atom. The molecule has 0 aromatic carbocycles. The van der Waals surface area contributed by atoms with Crippen molar-refractivity contribution < 1.29 is 8.42 Å². The van der Waals surface area contributed by atoms with Gasteiger partial charge in [-0.3, -0.25) is 4.98 Å². The Kier molecular flexibility index (Phi) is 2.56. The van der Waals surface area contributed by atoms with Gasteiger partial charge in [-0.05, 0) is 23.6 Å². The molecule has 0 amide bonds. The van der Waals surface area contributed by atoms with Crippen molar-refractivity contribution in [3.8, 4) is 10.6 Å². The third-order valence-electron chi connectivity index (χ3n) is 1.83. The first-order chi connectivity index (χ1) is 7.09. The maximum Gasteiger partial charge on any atom is 0.240 e. The summed E-state index contributed by atoms with van der Waals surface area (Å²) >= 11 is 1.42. The van der Waals surface area contributed by atoms with Gasteiger partial charge in [0.25, 0.3) is 0 Å². The molecule has 15 heavy (non-hydrogen) atoms. The number of hydrogen-bond donors (Lipinski definition) is 1. The number of pyridine rings is 1. The molecule has 6 heteroatoms. The molecule has 4 nitrogen and oxygen atoms in total. The van der Waals surface area contributed by atoms with Crippen LogP contribution < -0.4 is 5.14 Å². The molecule has 0 atom stereocenters. The molecule has 0 aliphatic carbocycles. The first-order valence-corrected chi connectivity index (χ1v) is 6.53. The van der Waals surface area contributed by atoms with E-state index in [1.54, 1.807) is 12.3 Å². The summed E-state index contributed by atoms with van der Waals surface area (Å²) in [6, 6.07) is 6.65. The lowest BCUT2D eigenvalue weighted by Crippen LogP contribution is -2.13. The number of thiophene rings is 1. The number of hydrogen-bond acceptors (Lipinski definition) is 4. The second-order valence-electron chi connectivity index (χ2n) is 2.87. The topological polar surface area (TPSA) is 73.1 Å². The van der Waals surface area contributed by atoms with Gasteiger partial charge in [0.1, 0.15) is 10.6 Å². The summed E-state index contributed by atoms with van der Waals surface area (Å²) in [5.74, 6) is 0. The Balaban J connectivity index is 2.68. The van der Waals surface area contributed by atoms with Gasteiger partial charge in [-0.1, -0.05) is 6.07 Å². The fourth-order valence-electron chi connectivity index (χ4n) is 1.22. The molecule has 0 spiro atoms. The summed E-state index contributed by atoms with van der Waals surface area (Å²) in [6.07, 6.45) is 1.55. The van der Waals surface area contributed by atoms with E-state index in [-0.39, 0.29) is 4.90 Å². The highest BCUT2D eigenvalue weighted by molar-refractivity contribution is 7.89. The number of primary sulfonamides is 1. The van der Waals surface area contributed by atoms with Gasteiger partial charge in [-0.15, -0.1) is 11.3 Å². The Labute approximate surface area is 91.4 Å². The summed E-state index contributed by atoms with van der Waals surface area (Å²) in [4.78, 5) is 4.89. The predicted molar refractivity (Wildman–Crippen MR) is 58.9 cm³/mol. The van der Waals surface area contributed by atoms with Crippen LogP contribution in [0.3, 0.4) is 0 Å². The number of rotatable bonds is 2. The summed E-state index contributed by atoms with van der Waals surface area (Å²) < 4.78 is 22.6. The molecule has 0 aliphatic heterocycles. The lowest BCUT2D eigenvalue weighted by molar-refractivity contribution is 0.598. The van der Waals surface area contributed by atoms with E-state index in [2.05, 4.69) is 4.98 Å². The van der Waals surface area contributed by atoms with Crippen molar-refractivity contribution >= 4 is 21.4 Å². The molecule has 0 aliphatic rings. The molecule has 2 heterocycles. The molecule has 0 saturated carbocycles. The molecular weight excluding hydrogens is 232 g/mol. The number of sulfonamides is 1. The fourth-order valence-corrected chi connectivity index (χ4v) is 2.72. The Hall–Kier alpha value is -1.24.